The molecule has 0 aromatic heterocycles. The van der Waals surface area contributed by atoms with Gasteiger partial charge in [0.15, 0.2) is 0 Å². The van der Waals surface area contributed by atoms with Crippen LogP contribution in [0.3, 0.4) is 0 Å². The summed E-state index contributed by atoms with van der Waals surface area (Å²) in [6.45, 7) is 7.16. The van der Waals surface area contributed by atoms with Gasteiger partial charge in [0.25, 0.3) is 0 Å². The lowest BCUT2D eigenvalue weighted by Gasteiger charge is -2.24. The fourth-order valence-electron chi connectivity index (χ4n) is 1.73. The van der Waals surface area contributed by atoms with E-state index >= 15 is 0 Å². The molecule has 0 unspecified atom stereocenters. The van der Waals surface area contributed by atoms with Crippen LogP contribution in [0, 0.1) is 5.92 Å². The minimum atomic E-state index is 0.986. The van der Waals surface area contributed by atoms with Gasteiger partial charge in [-0.2, -0.15) is 0 Å². The first kappa shape index (κ1) is 10.0. The summed E-state index contributed by atoms with van der Waals surface area (Å²) in [6, 6.07) is 0. The van der Waals surface area contributed by atoms with Gasteiger partial charge in [-0.25, -0.2) is 0 Å². The molecule has 0 amide bonds. The van der Waals surface area contributed by atoms with Crippen molar-refractivity contribution in [1.29, 1.82) is 0 Å². The van der Waals surface area contributed by atoms with E-state index in [-0.39, 0.29) is 0 Å². The standard InChI is InChI=1S/C10H22N2/c1-3-12(2)9-6-10-4-7-11-8-5-10/h10-11H,3-9H2,1-2H3. The van der Waals surface area contributed by atoms with Crippen LogP contribution in [0.15, 0.2) is 0 Å². The van der Waals surface area contributed by atoms with E-state index in [2.05, 4.69) is 24.2 Å². The van der Waals surface area contributed by atoms with Crippen molar-refractivity contribution >= 4 is 0 Å². The zero-order valence-corrected chi connectivity index (χ0v) is 8.47. The lowest BCUT2D eigenvalue weighted by atomic mass is 9.94. The van der Waals surface area contributed by atoms with Crippen molar-refractivity contribution in [3.8, 4) is 0 Å². The molecule has 1 aliphatic rings. The average molecular weight is 170 g/mol. The molecule has 2 heteroatoms. The minimum Gasteiger partial charge on any atom is -0.317 e. The maximum absolute atomic E-state index is 3.40. The smallest absolute Gasteiger partial charge is 0.00192 e. The highest BCUT2D eigenvalue weighted by Gasteiger charge is 2.12. The second-order valence-electron chi connectivity index (χ2n) is 3.88. The molecular formula is C10H22N2. The van der Waals surface area contributed by atoms with Crippen molar-refractivity contribution in [3.63, 3.8) is 0 Å². The largest absolute Gasteiger partial charge is 0.317 e. The van der Waals surface area contributed by atoms with Gasteiger partial charge in [0.1, 0.15) is 0 Å². The minimum absolute atomic E-state index is 0.986. The molecule has 1 saturated heterocycles. The molecular weight excluding hydrogens is 148 g/mol. The van der Waals surface area contributed by atoms with Gasteiger partial charge in [-0.1, -0.05) is 6.92 Å². The highest BCUT2D eigenvalue weighted by Crippen LogP contribution is 2.15. The molecule has 0 radical (unpaired) electrons. The molecule has 1 heterocycles. The Kier molecular flexibility index (Phi) is 4.62. The highest BCUT2D eigenvalue weighted by molar-refractivity contribution is 4.69. The van der Waals surface area contributed by atoms with Crippen LogP contribution in [0.1, 0.15) is 26.2 Å². The number of nitrogens with zero attached hydrogens (tertiary/aromatic N) is 1. The molecule has 0 aromatic carbocycles. The van der Waals surface area contributed by atoms with Crippen LogP contribution in [0.4, 0.5) is 0 Å². The first-order valence-electron chi connectivity index (χ1n) is 5.22. The van der Waals surface area contributed by atoms with Gasteiger partial charge < -0.3 is 10.2 Å². The van der Waals surface area contributed by atoms with Crippen LogP contribution in [0.5, 0.6) is 0 Å². The Morgan fingerprint density at radius 3 is 2.58 bits per heavy atom. The molecule has 0 spiro atoms. The molecule has 0 aliphatic carbocycles. The monoisotopic (exact) mass is 170 g/mol. The molecule has 0 saturated carbocycles. The number of rotatable bonds is 4. The fourth-order valence-corrected chi connectivity index (χ4v) is 1.73. The SMILES string of the molecule is CCN(C)CCC1CCNCC1. The van der Waals surface area contributed by atoms with Crippen molar-refractivity contribution in [2.45, 2.75) is 26.2 Å². The first-order valence-corrected chi connectivity index (χ1v) is 5.22. The second-order valence-corrected chi connectivity index (χ2v) is 3.88. The third-order valence-corrected chi connectivity index (χ3v) is 2.92. The summed E-state index contributed by atoms with van der Waals surface area (Å²) in [7, 11) is 2.21. The summed E-state index contributed by atoms with van der Waals surface area (Å²) in [5, 5.41) is 3.40. The van der Waals surface area contributed by atoms with E-state index in [0.29, 0.717) is 0 Å². The van der Waals surface area contributed by atoms with Crippen LogP contribution in [-0.4, -0.2) is 38.1 Å². The topological polar surface area (TPSA) is 15.3 Å². The molecule has 0 bridgehead atoms. The summed E-state index contributed by atoms with van der Waals surface area (Å²) in [4.78, 5) is 2.40. The molecule has 1 aliphatic heterocycles. The summed E-state index contributed by atoms with van der Waals surface area (Å²) < 4.78 is 0. The van der Waals surface area contributed by atoms with Crippen LogP contribution in [0.25, 0.3) is 0 Å². The molecule has 1 fully saturated rings. The Bertz CT molecular complexity index is 108. The van der Waals surface area contributed by atoms with Gasteiger partial charge in [-0.05, 0) is 58.4 Å². The van der Waals surface area contributed by atoms with Crippen LogP contribution >= 0.6 is 0 Å². The molecule has 0 atom stereocenters. The maximum Gasteiger partial charge on any atom is -0.00192 e. The predicted octanol–water partition coefficient (Wildman–Crippen LogP) is 1.33. The maximum atomic E-state index is 3.40. The van der Waals surface area contributed by atoms with E-state index in [9.17, 15) is 0 Å². The van der Waals surface area contributed by atoms with Gasteiger partial charge in [0.05, 0.1) is 0 Å². The molecule has 0 aromatic rings. The Hall–Kier alpha value is -0.0800. The molecule has 2 nitrogen and oxygen atoms in total. The quantitative estimate of drug-likeness (QED) is 0.684. The van der Waals surface area contributed by atoms with Gasteiger partial charge in [0.2, 0.25) is 0 Å². The van der Waals surface area contributed by atoms with Crippen LogP contribution < -0.4 is 5.32 Å². The Balaban J connectivity index is 2.05. The number of piperidine rings is 1. The Morgan fingerprint density at radius 2 is 2.00 bits per heavy atom. The predicted molar refractivity (Wildman–Crippen MR) is 53.4 cm³/mol. The van der Waals surface area contributed by atoms with Crippen molar-refractivity contribution in [3.05, 3.63) is 0 Å². The average Bonchev–Trinajstić information content (AvgIpc) is 2.16. The van der Waals surface area contributed by atoms with Gasteiger partial charge in [0, 0.05) is 0 Å². The van der Waals surface area contributed by atoms with E-state index in [1.807, 2.05) is 0 Å². The third-order valence-electron chi connectivity index (χ3n) is 2.92. The van der Waals surface area contributed by atoms with E-state index in [1.54, 1.807) is 0 Å². The lowest BCUT2D eigenvalue weighted by Crippen LogP contribution is -2.30. The molecule has 1 rings (SSSR count). The van der Waals surface area contributed by atoms with E-state index in [0.717, 1.165) is 5.92 Å². The fraction of sp³-hybridized carbons (Fsp3) is 1.00. The van der Waals surface area contributed by atoms with Crippen LogP contribution in [0.2, 0.25) is 0 Å². The zero-order valence-electron chi connectivity index (χ0n) is 8.47. The first-order chi connectivity index (χ1) is 5.83. The van der Waals surface area contributed by atoms with E-state index in [1.165, 1.54) is 45.4 Å². The number of hydrogen-bond donors (Lipinski definition) is 1. The highest BCUT2D eigenvalue weighted by atomic mass is 15.1. The summed E-state index contributed by atoms with van der Waals surface area (Å²) in [6.07, 6.45) is 4.17. The van der Waals surface area contributed by atoms with Crippen molar-refractivity contribution < 1.29 is 0 Å². The van der Waals surface area contributed by atoms with Crippen molar-refractivity contribution in [2.24, 2.45) is 5.92 Å². The summed E-state index contributed by atoms with van der Waals surface area (Å²) >= 11 is 0. The van der Waals surface area contributed by atoms with E-state index < -0.39 is 0 Å². The van der Waals surface area contributed by atoms with E-state index in [4.69, 9.17) is 0 Å². The Labute approximate surface area is 76.3 Å². The summed E-state index contributed by atoms with van der Waals surface area (Å²) in [5.74, 6) is 0.986. The second kappa shape index (κ2) is 5.55. The van der Waals surface area contributed by atoms with Gasteiger partial charge in [-0.15, -0.1) is 0 Å². The normalized spacial score (nSPS) is 20.2. The molecule has 72 valence electrons. The Morgan fingerprint density at radius 1 is 1.33 bits per heavy atom. The van der Waals surface area contributed by atoms with Crippen LogP contribution in [-0.2, 0) is 0 Å². The lowest BCUT2D eigenvalue weighted by molar-refractivity contribution is 0.279. The van der Waals surface area contributed by atoms with Crippen molar-refractivity contribution in [2.75, 3.05) is 33.2 Å². The molecule has 1 N–H and O–H groups in total. The number of nitrogens with one attached hydrogen (secondary N) is 1. The number of hydrogen-bond acceptors (Lipinski definition) is 2. The van der Waals surface area contributed by atoms with Gasteiger partial charge >= 0.3 is 0 Å². The van der Waals surface area contributed by atoms with Crippen molar-refractivity contribution in [1.82, 2.24) is 10.2 Å². The third kappa shape index (κ3) is 3.55. The summed E-state index contributed by atoms with van der Waals surface area (Å²) in [5.41, 5.74) is 0. The zero-order chi connectivity index (χ0) is 8.81. The molecule has 12 heavy (non-hydrogen) atoms. The van der Waals surface area contributed by atoms with Gasteiger partial charge in [-0.3, -0.25) is 0 Å².